The fourth-order valence-corrected chi connectivity index (χ4v) is 2.46. The van der Waals surface area contributed by atoms with E-state index in [1.54, 1.807) is 0 Å². The minimum absolute atomic E-state index is 0.109. The first kappa shape index (κ1) is 14.9. The van der Waals surface area contributed by atoms with Crippen molar-refractivity contribution in [3.63, 3.8) is 0 Å². The summed E-state index contributed by atoms with van der Waals surface area (Å²) in [7, 11) is -7.51. The van der Waals surface area contributed by atoms with Crippen LogP contribution in [0.4, 0.5) is 8.78 Å². The van der Waals surface area contributed by atoms with Crippen LogP contribution >= 0.6 is 0 Å². The van der Waals surface area contributed by atoms with Gasteiger partial charge in [0.1, 0.15) is 24.4 Å². The van der Waals surface area contributed by atoms with Gasteiger partial charge in [-0.25, -0.2) is 8.78 Å². The number of hydrogen-bond donors (Lipinski definition) is 0. The monoisotopic (exact) mass is 304 g/mol. The third-order valence-corrected chi connectivity index (χ3v) is 4.10. The van der Waals surface area contributed by atoms with Crippen molar-refractivity contribution in [2.75, 3.05) is 5.75 Å². The van der Waals surface area contributed by atoms with Crippen LogP contribution in [0.25, 0.3) is 0 Å². The van der Waals surface area contributed by atoms with Crippen LogP contribution in [0.3, 0.4) is 0 Å². The maximum atomic E-state index is 12.2. The first-order valence-electron chi connectivity index (χ1n) is 4.66. The lowest BCUT2D eigenvalue weighted by Gasteiger charge is -2.09. The van der Waals surface area contributed by atoms with E-state index in [1.807, 2.05) is 0 Å². The molecule has 104 valence electrons. The van der Waals surface area contributed by atoms with Crippen molar-refractivity contribution < 1.29 is 34.0 Å². The van der Waals surface area contributed by atoms with Gasteiger partial charge in [0.15, 0.2) is 0 Å². The van der Waals surface area contributed by atoms with Crippen molar-refractivity contribution in [2.24, 2.45) is 0 Å². The molecule has 6 nitrogen and oxygen atoms in total. The lowest BCUT2D eigenvalue weighted by atomic mass is 10.4. The maximum absolute atomic E-state index is 12.2. The van der Waals surface area contributed by atoms with Crippen LogP contribution in [0, 0.1) is 0 Å². The third kappa shape index (κ3) is 4.61. The summed E-state index contributed by atoms with van der Waals surface area (Å²) >= 11 is 0. The van der Waals surface area contributed by atoms with Gasteiger partial charge in [-0.15, -0.1) is 0 Å². The van der Waals surface area contributed by atoms with E-state index in [-0.39, 0.29) is 6.42 Å². The second-order valence-corrected chi connectivity index (χ2v) is 6.60. The van der Waals surface area contributed by atoms with E-state index >= 15 is 0 Å². The van der Waals surface area contributed by atoms with Crippen molar-refractivity contribution in [2.45, 2.75) is 18.1 Å². The van der Waals surface area contributed by atoms with Crippen molar-refractivity contribution in [3.8, 4) is 0 Å². The molecule has 10 heteroatoms. The Hall–Kier alpha value is -1.16. The normalized spacial score (nSPS) is 31.4. The summed E-state index contributed by atoms with van der Waals surface area (Å²) < 4.78 is 73.8. The van der Waals surface area contributed by atoms with Gasteiger partial charge in [-0.3, -0.25) is 0 Å². The molecule has 0 aromatic rings. The molecule has 2 rings (SSSR count). The molecule has 0 aromatic heterocycles. The predicted molar refractivity (Wildman–Crippen MR) is 57.6 cm³/mol. The Morgan fingerprint density at radius 2 is 1.72 bits per heavy atom. The molecule has 2 aliphatic heterocycles. The molecule has 0 aromatic carbocycles. The zero-order chi connectivity index (χ0) is 13.8. The van der Waals surface area contributed by atoms with Crippen molar-refractivity contribution >= 4 is 20.2 Å². The van der Waals surface area contributed by atoms with Crippen molar-refractivity contribution in [1.82, 2.24) is 0 Å². The fraction of sp³-hybridized carbons (Fsp3) is 0.500. The Morgan fingerprint density at radius 1 is 1.06 bits per heavy atom. The number of halogens is 2. The topological polar surface area (TPSA) is 86.7 Å². The molecule has 0 radical (unpaired) electrons. The molecule has 0 amide bonds. The van der Waals surface area contributed by atoms with Gasteiger partial charge in [0.2, 0.25) is 5.50 Å². The molecule has 0 N–H and O–H groups in total. The summed E-state index contributed by atoms with van der Waals surface area (Å²) in [4.78, 5) is 0. The summed E-state index contributed by atoms with van der Waals surface area (Å²) in [5, 5.41) is 0. The number of rotatable bonds is 0. The average molecular weight is 304 g/mol. The lowest BCUT2D eigenvalue weighted by Crippen LogP contribution is -2.19. The second-order valence-electron chi connectivity index (χ2n) is 3.27. The molecular weight excluding hydrogens is 294 g/mol. The Morgan fingerprint density at radius 3 is 2.06 bits per heavy atom. The summed E-state index contributed by atoms with van der Waals surface area (Å²) in [6.07, 6.45) is 2.69. The Labute approximate surface area is 103 Å². The van der Waals surface area contributed by atoms with Crippen molar-refractivity contribution in [1.29, 1.82) is 0 Å². The smallest absolute Gasteiger partial charge is 0.341 e. The SMILES string of the molecule is O=S1(=O)CC(F)C=CO1.O=S1(=O)OC=CCC1F. The van der Waals surface area contributed by atoms with E-state index in [4.69, 9.17) is 0 Å². The molecule has 2 unspecified atom stereocenters. The molecule has 0 aliphatic carbocycles. The van der Waals surface area contributed by atoms with Crippen LogP contribution in [0.2, 0.25) is 0 Å². The molecule has 0 saturated heterocycles. The largest absolute Gasteiger partial charge is 0.391 e. The molecule has 0 spiro atoms. The maximum Gasteiger partial charge on any atom is 0.341 e. The summed E-state index contributed by atoms with van der Waals surface area (Å²) in [5.41, 5.74) is -1.89. The van der Waals surface area contributed by atoms with Crippen LogP contribution < -0.4 is 0 Å². The lowest BCUT2D eigenvalue weighted by molar-refractivity contribution is 0.343. The fourth-order valence-electron chi connectivity index (χ4n) is 0.949. The summed E-state index contributed by atoms with van der Waals surface area (Å²) in [6.45, 7) is 0. The van der Waals surface area contributed by atoms with E-state index in [0.717, 1.165) is 18.6 Å². The van der Waals surface area contributed by atoms with E-state index < -0.39 is 37.7 Å². The first-order valence-corrected chi connectivity index (χ1v) is 7.71. The van der Waals surface area contributed by atoms with E-state index in [2.05, 4.69) is 8.37 Å². The molecule has 2 heterocycles. The van der Waals surface area contributed by atoms with Crippen LogP contribution in [0.5, 0.6) is 0 Å². The second kappa shape index (κ2) is 5.65. The van der Waals surface area contributed by atoms with Gasteiger partial charge in [0.05, 0.1) is 0 Å². The molecule has 2 aliphatic rings. The standard InChI is InChI=1S/2C4H5FO3S/c5-4-1-2-8-9(6,7)3-4;5-4-2-1-3-8-9(4,6)7/h1-2,4H,3H2;1,3-4H,2H2. The molecule has 0 fully saturated rings. The highest BCUT2D eigenvalue weighted by Gasteiger charge is 2.27. The van der Waals surface area contributed by atoms with E-state index in [9.17, 15) is 25.6 Å². The minimum Gasteiger partial charge on any atom is -0.391 e. The van der Waals surface area contributed by atoms with Crippen LogP contribution in [-0.2, 0) is 28.6 Å². The van der Waals surface area contributed by atoms with Crippen LogP contribution in [-0.4, -0.2) is 34.3 Å². The van der Waals surface area contributed by atoms with Gasteiger partial charge in [0.25, 0.3) is 0 Å². The molecule has 0 bridgehead atoms. The Bertz CT molecular complexity index is 536. The highest BCUT2D eigenvalue weighted by Crippen LogP contribution is 2.15. The van der Waals surface area contributed by atoms with Gasteiger partial charge in [-0.05, 0) is 12.2 Å². The Balaban J connectivity index is 0.000000180. The zero-order valence-electron chi connectivity index (χ0n) is 8.90. The quantitative estimate of drug-likeness (QED) is 0.614. The number of hydrogen-bond acceptors (Lipinski definition) is 6. The highest BCUT2D eigenvalue weighted by atomic mass is 32.2. The van der Waals surface area contributed by atoms with Crippen LogP contribution in [0.1, 0.15) is 6.42 Å². The predicted octanol–water partition coefficient (Wildman–Crippen LogP) is 0.744. The van der Waals surface area contributed by atoms with Crippen LogP contribution in [0.15, 0.2) is 24.7 Å². The van der Waals surface area contributed by atoms with Gasteiger partial charge < -0.3 is 8.37 Å². The molecular formula is C8H10F2O6S2. The number of allylic oxidation sites excluding steroid dienone is 2. The summed E-state index contributed by atoms with van der Waals surface area (Å²) in [6, 6.07) is 0. The first-order chi connectivity index (χ1) is 8.23. The third-order valence-electron chi connectivity index (χ3n) is 1.77. The average Bonchev–Trinajstić information content (AvgIpc) is 2.21. The number of alkyl halides is 2. The zero-order valence-corrected chi connectivity index (χ0v) is 10.5. The van der Waals surface area contributed by atoms with Gasteiger partial charge >= 0.3 is 20.2 Å². The van der Waals surface area contributed by atoms with Crippen molar-refractivity contribution in [3.05, 3.63) is 24.7 Å². The highest BCUT2D eigenvalue weighted by molar-refractivity contribution is 7.87. The molecule has 0 saturated carbocycles. The van der Waals surface area contributed by atoms with E-state index in [1.165, 1.54) is 6.08 Å². The minimum atomic E-state index is -3.91. The van der Waals surface area contributed by atoms with Gasteiger partial charge in [-0.2, -0.15) is 16.8 Å². The Kier molecular flexibility index (Phi) is 4.68. The van der Waals surface area contributed by atoms with Gasteiger partial charge in [-0.1, -0.05) is 0 Å². The molecule has 2 atom stereocenters. The summed E-state index contributed by atoms with van der Waals surface area (Å²) in [5.74, 6) is -0.566. The van der Waals surface area contributed by atoms with E-state index in [0.29, 0.717) is 0 Å². The molecule has 18 heavy (non-hydrogen) atoms. The van der Waals surface area contributed by atoms with Gasteiger partial charge in [0, 0.05) is 6.42 Å².